The molecule has 1 amide bonds. The molecular weight excluding hydrogens is 278 g/mol. The minimum Gasteiger partial charge on any atom is -0.491 e. The van der Waals surface area contributed by atoms with E-state index in [1.807, 2.05) is 24.3 Å². The van der Waals surface area contributed by atoms with Gasteiger partial charge < -0.3 is 14.8 Å². The van der Waals surface area contributed by atoms with Gasteiger partial charge in [0.05, 0.1) is 6.10 Å². The van der Waals surface area contributed by atoms with Crippen LogP contribution in [0.15, 0.2) is 36.4 Å². The molecular formula is C18H23NO3. The van der Waals surface area contributed by atoms with Gasteiger partial charge in [0.25, 0.3) is 0 Å². The van der Waals surface area contributed by atoms with E-state index in [0.717, 1.165) is 50.1 Å². The zero-order valence-electron chi connectivity index (χ0n) is 12.8. The molecule has 0 unspecified atom stereocenters. The first kappa shape index (κ1) is 15.1. The van der Waals surface area contributed by atoms with Gasteiger partial charge in [-0.15, -0.1) is 0 Å². The first-order valence-corrected chi connectivity index (χ1v) is 8.11. The van der Waals surface area contributed by atoms with Crippen molar-refractivity contribution in [1.82, 2.24) is 0 Å². The van der Waals surface area contributed by atoms with Gasteiger partial charge in [0.1, 0.15) is 12.4 Å². The van der Waals surface area contributed by atoms with Crippen molar-refractivity contribution in [3.63, 3.8) is 0 Å². The third-order valence-corrected chi connectivity index (χ3v) is 4.20. The Morgan fingerprint density at radius 2 is 2.27 bits per heavy atom. The SMILES string of the molecule is O=C(Nc1cccc(OC[C@H]2CCCO2)c1)[C@H]1CC=CCC1. The van der Waals surface area contributed by atoms with Gasteiger partial charge in [-0.05, 0) is 44.2 Å². The molecule has 1 fully saturated rings. The average molecular weight is 301 g/mol. The minimum atomic E-state index is 0.0847. The highest BCUT2D eigenvalue weighted by molar-refractivity contribution is 5.92. The van der Waals surface area contributed by atoms with Crippen LogP contribution in [0.4, 0.5) is 5.69 Å². The third kappa shape index (κ3) is 4.10. The Hall–Kier alpha value is -1.81. The number of carbonyl (C=O) groups excluding carboxylic acids is 1. The van der Waals surface area contributed by atoms with E-state index >= 15 is 0 Å². The average Bonchev–Trinajstić information content (AvgIpc) is 3.08. The molecule has 2 aliphatic rings. The molecule has 1 aliphatic carbocycles. The number of hydrogen-bond acceptors (Lipinski definition) is 3. The van der Waals surface area contributed by atoms with Crippen LogP contribution in [0.3, 0.4) is 0 Å². The molecule has 0 aromatic heterocycles. The fourth-order valence-electron chi connectivity index (χ4n) is 2.90. The minimum absolute atomic E-state index is 0.0847. The number of rotatable bonds is 5. The Morgan fingerprint density at radius 1 is 1.32 bits per heavy atom. The monoisotopic (exact) mass is 301 g/mol. The highest BCUT2D eigenvalue weighted by Gasteiger charge is 2.19. The van der Waals surface area contributed by atoms with E-state index in [1.165, 1.54) is 0 Å². The van der Waals surface area contributed by atoms with Crippen molar-refractivity contribution in [2.24, 2.45) is 5.92 Å². The van der Waals surface area contributed by atoms with Crippen LogP contribution in [-0.4, -0.2) is 25.2 Å². The molecule has 1 aliphatic heterocycles. The summed E-state index contributed by atoms with van der Waals surface area (Å²) in [5.74, 6) is 0.957. The summed E-state index contributed by atoms with van der Waals surface area (Å²) in [6.45, 7) is 1.41. The maximum absolute atomic E-state index is 12.2. The Bertz CT molecular complexity index is 535. The number of benzene rings is 1. The second-order valence-corrected chi connectivity index (χ2v) is 5.94. The quantitative estimate of drug-likeness (QED) is 0.846. The molecule has 1 saturated heterocycles. The summed E-state index contributed by atoms with van der Waals surface area (Å²) in [5.41, 5.74) is 0.796. The Morgan fingerprint density at radius 3 is 3.05 bits per heavy atom. The van der Waals surface area contributed by atoms with Gasteiger partial charge in [-0.3, -0.25) is 4.79 Å². The van der Waals surface area contributed by atoms with Gasteiger partial charge in [0.15, 0.2) is 0 Å². The van der Waals surface area contributed by atoms with Gasteiger partial charge >= 0.3 is 0 Å². The molecule has 1 aromatic carbocycles. The molecule has 1 N–H and O–H groups in total. The van der Waals surface area contributed by atoms with Crippen LogP contribution in [0, 0.1) is 5.92 Å². The van der Waals surface area contributed by atoms with Crippen molar-refractivity contribution in [2.75, 3.05) is 18.5 Å². The highest BCUT2D eigenvalue weighted by atomic mass is 16.5. The number of allylic oxidation sites excluding steroid dienone is 2. The topological polar surface area (TPSA) is 47.6 Å². The smallest absolute Gasteiger partial charge is 0.227 e. The summed E-state index contributed by atoms with van der Waals surface area (Å²) >= 11 is 0. The summed E-state index contributed by atoms with van der Waals surface area (Å²) in [5, 5.41) is 3.00. The largest absolute Gasteiger partial charge is 0.491 e. The predicted molar refractivity (Wildman–Crippen MR) is 86.0 cm³/mol. The number of anilines is 1. The van der Waals surface area contributed by atoms with Crippen LogP contribution in [0.5, 0.6) is 5.75 Å². The molecule has 118 valence electrons. The van der Waals surface area contributed by atoms with Gasteiger partial charge in [-0.25, -0.2) is 0 Å². The second kappa shape index (κ2) is 7.45. The Kier molecular flexibility index (Phi) is 5.11. The third-order valence-electron chi connectivity index (χ3n) is 4.20. The highest BCUT2D eigenvalue weighted by Crippen LogP contribution is 2.23. The first-order valence-electron chi connectivity index (χ1n) is 8.11. The van der Waals surface area contributed by atoms with Crippen LogP contribution in [0.25, 0.3) is 0 Å². The van der Waals surface area contributed by atoms with Gasteiger partial charge in [0, 0.05) is 24.3 Å². The summed E-state index contributed by atoms with van der Waals surface area (Å²) in [4.78, 5) is 12.2. The van der Waals surface area contributed by atoms with E-state index in [9.17, 15) is 4.79 Å². The van der Waals surface area contributed by atoms with Crippen LogP contribution in [0.1, 0.15) is 32.1 Å². The molecule has 0 bridgehead atoms. The Balaban J connectivity index is 1.53. The van der Waals surface area contributed by atoms with Crippen molar-refractivity contribution in [1.29, 1.82) is 0 Å². The van der Waals surface area contributed by atoms with Gasteiger partial charge in [-0.1, -0.05) is 18.2 Å². The number of nitrogens with one attached hydrogen (secondary N) is 1. The lowest BCUT2D eigenvalue weighted by Gasteiger charge is -2.17. The maximum atomic E-state index is 12.2. The molecule has 0 saturated carbocycles. The summed E-state index contributed by atoms with van der Waals surface area (Å²) in [6.07, 6.45) is 9.36. The second-order valence-electron chi connectivity index (χ2n) is 5.94. The zero-order chi connectivity index (χ0) is 15.2. The molecule has 1 heterocycles. The Labute approximate surface area is 131 Å². The van der Waals surface area contributed by atoms with Crippen molar-refractivity contribution in [3.8, 4) is 5.75 Å². The number of carbonyl (C=O) groups is 1. The lowest BCUT2D eigenvalue weighted by Crippen LogP contribution is -2.23. The predicted octanol–water partition coefficient (Wildman–Crippen LogP) is 3.54. The number of hydrogen-bond donors (Lipinski definition) is 1. The fraction of sp³-hybridized carbons (Fsp3) is 0.500. The normalized spacial score (nSPS) is 24.2. The zero-order valence-corrected chi connectivity index (χ0v) is 12.8. The molecule has 4 nitrogen and oxygen atoms in total. The van der Waals surface area contributed by atoms with Crippen molar-refractivity contribution < 1.29 is 14.3 Å². The van der Waals surface area contributed by atoms with Crippen molar-refractivity contribution >= 4 is 11.6 Å². The molecule has 0 spiro atoms. The molecule has 4 heteroatoms. The van der Waals surface area contributed by atoms with E-state index in [4.69, 9.17) is 9.47 Å². The van der Waals surface area contributed by atoms with E-state index in [2.05, 4.69) is 17.5 Å². The van der Waals surface area contributed by atoms with Crippen LogP contribution in [0.2, 0.25) is 0 Å². The molecule has 1 aromatic rings. The van der Waals surface area contributed by atoms with E-state index in [-0.39, 0.29) is 17.9 Å². The van der Waals surface area contributed by atoms with Crippen LogP contribution >= 0.6 is 0 Å². The van der Waals surface area contributed by atoms with Crippen molar-refractivity contribution in [2.45, 2.75) is 38.2 Å². The fourth-order valence-corrected chi connectivity index (χ4v) is 2.90. The number of ether oxygens (including phenoxy) is 2. The maximum Gasteiger partial charge on any atom is 0.227 e. The van der Waals surface area contributed by atoms with E-state index in [0.29, 0.717) is 6.61 Å². The molecule has 3 rings (SSSR count). The summed E-state index contributed by atoms with van der Waals surface area (Å²) in [7, 11) is 0. The lowest BCUT2D eigenvalue weighted by atomic mass is 9.93. The van der Waals surface area contributed by atoms with Gasteiger partial charge in [0.2, 0.25) is 5.91 Å². The number of amides is 1. The molecule has 22 heavy (non-hydrogen) atoms. The summed E-state index contributed by atoms with van der Waals surface area (Å²) < 4.78 is 11.3. The standard InChI is InChI=1S/C18H23NO3/c20-18(14-6-2-1-3-7-14)19-15-8-4-9-16(12-15)22-13-17-10-5-11-21-17/h1-2,4,8-9,12,14,17H,3,5-7,10-11,13H2,(H,19,20)/t14-,17+/m0/s1. The molecule has 2 atom stereocenters. The lowest BCUT2D eigenvalue weighted by molar-refractivity contribution is -0.120. The van der Waals surface area contributed by atoms with E-state index < -0.39 is 0 Å². The van der Waals surface area contributed by atoms with Crippen molar-refractivity contribution in [3.05, 3.63) is 36.4 Å². The van der Waals surface area contributed by atoms with E-state index in [1.54, 1.807) is 0 Å². The first-order chi connectivity index (χ1) is 10.8. The van der Waals surface area contributed by atoms with Crippen LogP contribution < -0.4 is 10.1 Å². The summed E-state index contributed by atoms with van der Waals surface area (Å²) in [6, 6.07) is 7.59. The van der Waals surface area contributed by atoms with Crippen LogP contribution in [-0.2, 0) is 9.53 Å². The molecule has 0 radical (unpaired) electrons. The van der Waals surface area contributed by atoms with Gasteiger partial charge in [-0.2, -0.15) is 0 Å².